The van der Waals surface area contributed by atoms with Crippen molar-refractivity contribution in [1.29, 1.82) is 0 Å². The smallest absolute Gasteiger partial charge is 0.321 e. The molecule has 0 bridgehead atoms. The van der Waals surface area contributed by atoms with Crippen LogP contribution in [0.2, 0.25) is 0 Å². The van der Waals surface area contributed by atoms with E-state index in [0.717, 1.165) is 0 Å². The summed E-state index contributed by atoms with van der Waals surface area (Å²) in [7, 11) is 0. The van der Waals surface area contributed by atoms with Crippen molar-refractivity contribution in [1.82, 2.24) is 0 Å². The zero-order valence-corrected chi connectivity index (χ0v) is 5.37. The Labute approximate surface area is 54.2 Å². The molecule has 0 rings (SSSR count). The van der Waals surface area contributed by atoms with Crippen LogP contribution in [-0.4, -0.2) is 17.1 Å². The van der Waals surface area contributed by atoms with Gasteiger partial charge < -0.3 is 10.8 Å². The van der Waals surface area contributed by atoms with Crippen molar-refractivity contribution >= 4 is 5.97 Å². The van der Waals surface area contributed by atoms with Crippen LogP contribution in [0.3, 0.4) is 0 Å². The van der Waals surface area contributed by atoms with E-state index in [1.54, 1.807) is 6.92 Å². The first kappa shape index (κ1) is 8.17. The highest BCUT2D eigenvalue weighted by molar-refractivity contribution is 5.73. The molecule has 0 heterocycles. The topological polar surface area (TPSA) is 63.3 Å². The molecule has 0 saturated carbocycles. The van der Waals surface area contributed by atoms with Gasteiger partial charge in [0.15, 0.2) is 0 Å². The molecule has 0 saturated heterocycles. The van der Waals surface area contributed by atoms with Gasteiger partial charge in [0.2, 0.25) is 0 Å². The molecule has 0 aliphatic heterocycles. The summed E-state index contributed by atoms with van der Waals surface area (Å²) in [6.07, 6.45) is 1.53. The second-order valence-electron chi connectivity index (χ2n) is 1.96. The van der Waals surface area contributed by atoms with Crippen LogP contribution in [0.5, 0.6) is 0 Å². The van der Waals surface area contributed by atoms with E-state index in [-0.39, 0.29) is 5.92 Å². The minimum Gasteiger partial charge on any atom is -0.480 e. The predicted molar refractivity (Wildman–Crippen MR) is 35.0 cm³/mol. The first-order valence-corrected chi connectivity index (χ1v) is 2.70. The molecular formula is C6H11NO2. The lowest BCUT2D eigenvalue weighted by Crippen LogP contribution is -2.35. The van der Waals surface area contributed by atoms with Crippen molar-refractivity contribution < 1.29 is 9.90 Å². The Kier molecular flexibility index (Phi) is 2.95. The summed E-state index contributed by atoms with van der Waals surface area (Å²) in [6, 6.07) is -0.817. The van der Waals surface area contributed by atoms with E-state index in [9.17, 15) is 4.79 Å². The zero-order chi connectivity index (χ0) is 7.44. The molecule has 0 aromatic rings. The molecule has 0 aromatic heterocycles. The molecule has 3 heteroatoms. The lowest BCUT2D eigenvalue weighted by molar-refractivity contribution is -0.139. The number of carboxylic acids is 1. The van der Waals surface area contributed by atoms with Crippen molar-refractivity contribution in [2.24, 2.45) is 11.7 Å². The molecule has 0 spiro atoms. The van der Waals surface area contributed by atoms with Crippen molar-refractivity contribution in [2.45, 2.75) is 13.0 Å². The van der Waals surface area contributed by atoms with E-state index in [4.69, 9.17) is 10.8 Å². The number of carboxylic acid groups (broad SMARTS) is 1. The van der Waals surface area contributed by atoms with Crippen molar-refractivity contribution in [3.63, 3.8) is 0 Å². The van der Waals surface area contributed by atoms with E-state index < -0.39 is 12.0 Å². The summed E-state index contributed by atoms with van der Waals surface area (Å²) in [5.74, 6) is -1.15. The molecule has 2 atom stereocenters. The first-order chi connectivity index (χ1) is 4.09. The SMILES string of the molecule is C=CC(C)[C@H](N)C(=O)O. The van der Waals surface area contributed by atoms with Crippen LogP contribution in [0.4, 0.5) is 0 Å². The van der Waals surface area contributed by atoms with Gasteiger partial charge in [0, 0.05) is 0 Å². The summed E-state index contributed by atoms with van der Waals surface area (Å²) >= 11 is 0. The minimum atomic E-state index is -0.984. The van der Waals surface area contributed by atoms with Crippen LogP contribution >= 0.6 is 0 Å². The van der Waals surface area contributed by atoms with E-state index in [1.165, 1.54) is 6.08 Å². The fraction of sp³-hybridized carbons (Fsp3) is 0.500. The molecule has 3 N–H and O–H groups in total. The summed E-state index contributed by atoms with van der Waals surface area (Å²) in [6.45, 7) is 5.13. The molecule has 0 aliphatic rings. The molecule has 0 aromatic carbocycles. The van der Waals surface area contributed by atoms with E-state index in [2.05, 4.69) is 6.58 Å². The molecule has 9 heavy (non-hydrogen) atoms. The summed E-state index contributed by atoms with van der Waals surface area (Å²) < 4.78 is 0. The van der Waals surface area contributed by atoms with Gasteiger partial charge >= 0.3 is 5.97 Å². The maximum atomic E-state index is 10.1. The largest absolute Gasteiger partial charge is 0.480 e. The standard InChI is InChI=1S/C6H11NO2/c1-3-4(2)5(7)6(8)9/h3-5H,1,7H2,2H3,(H,8,9)/t4?,5-/m0/s1. The Balaban J connectivity index is 3.86. The minimum absolute atomic E-state index is 0.164. The lowest BCUT2D eigenvalue weighted by Gasteiger charge is -2.09. The Morgan fingerprint density at radius 2 is 2.33 bits per heavy atom. The van der Waals surface area contributed by atoms with Gasteiger partial charge in [0.1, 0.15) is 6.04 Å². The van der Waals surface area contributed by atoms with Gasteiger partial charge in [-0.25, -0.2) is 0 Å². The van der Waals surface area contributed by atoms with Crippen molar-refractivity contribution in [2.75, 3.05) is 0 Å². The average molecular weight is 129 g/mol. The normalized spacial score (nSPS) is 16.2. The van der Waals surface area contributed by atoms with Crippen LogP contribution in [0, 0.1) is 5.92 Å². The second kappa shape index (κ2) is 3.25. The molecule has 0 radical (unpaired) electrons. The highest BCUT2D eigenvalue weighted by Crippen LogP contribution is 1.99. The highest BCUT2D eigenvalue weighted by atomic mass is 16.4. The van der Waals surface area contributed by atoms with Gasteiger partial charge in [-0.3, -0.25) is 4.79 Å². The highest BCUT2D eigenvalue weighted by Gasteiger charge is 2.15. The van der Waals surface area contributed by atoms with Gasteiger partial charge in [0.05, 0.1) is 0 Å². The third-order valence-electron chi connectivity index (χ3n) is 1.22. The molecule has 52 valence electrons. The van der Waals surface area contributed by atoms with Gasteiger partial charge in [-0.05, 0) is 5.92 Å². The Bertz CT molecular complexity index is 122. The Hall–Kier alpha value is -0.830. The fourth-order valence-corrected chi connectivity index (χ4v) is 0.372. The number of nitrogens with two attached hydrogens (primary N) is 1. The number of hydrogen-bond donors (Lipinski definition) is 2. The maximum absolute atomic E-state index is 10.1. The second-order valence-corrected chi connectivity index (χ2v) is 1.96. The van der Waals surface area contributed by atoms with Crippen LogP contribution in [0.1, 0.15) is 6.92 Å². The lowest BCUT2D eigenvalue weighted by atomic mass is 10.0. The Morgan fingerprint density at radius 3 is 2.44 bits per heavy atom. The van der Waals surface area contributed by atoms with Crippen molar-refractivity contribution in [3.8, 4) is 0 Å². The first-order valence-electron chi connectivity index (χ1n) is 2.70. The Morgan fingerprint density at radius 1 is 1.89 bits per heavy atom. The maximum Gasteiger partial charge on any atom is 0.321 e. The van der Waals surface area contributed by atoms with Crippen LogP contribution < -0.4 is 5.73 Å². The van der Waals surface area contributed by atoms with Gasteiger partial charge in [0.25, 0.3) is 0 Å². The monoisotopic (exact) mass is 129 g/mol. The van der Waals surface area contributed by atoms with E-state index in [1.807, 2.05) is 0 Å². The molecule has 1 unspecified atom stereocenters. The summed E-state index contributed by atoms with van der Waals surface area (Å²) in [4.78, 5) is 10.1. The molecule has 0 amide bonds. The third kappa shape index (κ3) is 2.28. The van der Waals surface area contributed by atoms with E-state index in [0.29, 0.717) is 0 Å². The average Bonchev–Trinajstić information content (AvgIpc) is 1.84. The quantitative estimate of drug-likeness (QED) is 0.536. The van der Waals surface area contributed by atoms with Gasteiger partial charge in [-0.2, -0.15) is 0 Å². The van der Waals surface area contributed by atoms with Crippen LogP contribution in [0.25, 0.3) is 0 Å². The molecule has 0 fully saturated rings. The van der Waals surface area contributed by atoms with Crippen molar-refractivity contribution in [3.05, 3.63) is 12.7 Å². The summed E-state index contributed by atoms with van der Waals surface area (Å²) in [5.41, 5.74) is 5.20. The summed E-state index contributed by atoms with van der Waals surface area (Å²) in [5, 5.41) is 8.31. The zero-order valence-electron chi connectivity index (χ0n) is 5.37. The van der Waals surface area contributed by atoms with Crippen LogP contribution in [0.15, 0.2) is 12.7 Å². The van der Waals surface area contributed by atoms with E-state index >= 15 is 0 Å². The number of aliphatic carboxylic acids is 1. The number of hydrogen-bond acceptors (Lipinski definition) is 2. The van der Waals surface area contributed by atoms with Crippen LogP contribution in [-0.2, 0) is 4.79 Å². The molecule has 0 aliphatic carbocycles. The number of carbonyl (C=O) groups is 1. The molecule has 3 nitrogen and oxygen atoms in total. The third-order valence-corrected chi connectivity index (χ3v) is 1.22. The number of rotatable bonds is 3. The fourth-order valence-electron chi connectivity index (χ4n) is 0.372. The predicted octanol–water partition coefficient (Wildman–Crippen LogP) is 0.220. The molecular weight excluding hydrogens is 118 g/mol. The van der Waals surface area contributed by atoms with Gasteiger partial charge in [-0.15, -0.1) is 6.58 Å². The van der Waals surface area contributed by atoms with Gasteiger partial charge in [-0.1, -0.05) is 13.0 Å².